The Morgan fingerprint density at radius 2 is 1.81 bits per heavy atom. The second-order valence-corrected chi connectivity index (χ2v) is 10.3. The smallest absolute Gasteiger partial charge is 0.341 e. The number of thiophene rings is 1. The molecule has 2 atom stereocenters. The molecule has 2 heterocycles. The van der Waals surface area contributed by atoms with Crippen LogP contribution in [0.3, 0.4) is 0 Å². The number of anilines is 1. The number of carbonyl (C=O) groups is 2. The van der Waals surface area contributed by atoms with E-state index in [1.165, 1.54) is 35.8 Å². The maximum Gasteiger partial charge on any atom is 0.341 e. The number of aromatic nitrogens is 3. The van der Waals surface area contributed by atoms with Gasteiger partial charge in [0.15, 0.2) is 5.16 Å². The zero-order valence-electron chi connectivity index (χ0n) is 20.0. The van der Waals surface area contributed by atoms with Crippen LogP contribution in [-0.4, -0.2) is 39.5 Å². The van der Waals surface area contributed by atoms with Crippen LogP contribution >= 0.6 is 23.1 Å². The van der Waals surface area contributed by atoms with Crippen molar-refractivity contribution in [3.05, 3.63) is 83.0 Å². The van der Waals surface area contributed by atoms with Crippen molar-refractivity contribution < 1.29 is 14.3 Å². The fraction of sp³-hybridized carbons (Fsp3) is 0.259. The fourth-order valence-electron chi connectivity index (χ4n) is 4.40. The van der Waals surface area contributed by atoms with Gasteiger partial charge in [0.05, 0.1) is 12.9 Å². The average Bonchev–Trinajstić information content (AvgIpc) is 3.43. The van der Waals surface area contributed by atoms with Crippen LogP contribution in [0.2, 0.25) is 0 Å². The minimum absolute atomic E-state index is 0.157. The third kappa shape index (κ3) is 4.94. The third-order valence-electron chi connectivity index (χ3n) is 6.26. The first kappa shape index (κ1) is 24.3. The maximum absolute atomic E-state index is 12.8. The van der Waals surface area contributed by atoms with Crippen LogP contribution in [0.5, 0.6) is 0 Å². The molecule has 1 aliphatic carbocycles. The highest BCUT2D eigenvalue weighted by molar-refractivity contribution is 7.99. The van der Waals surface area contributed by atoms with Crippen molar-refractivity contribution in [1.29, 1.82) is 0 Å². The van der Waals surface area contributed by atoms with Crippen LogP contribution < -0.4 is 5.32 Å². The van der Waals surface area contributed by atoms with Crippen molar-refractivity contribution >= 4 is 40.0 Å². The van der Waals surface area contributed by atoms with Gasteiger partial charge in [-0.15, -0.1) is 21.5 Å². The molecule has 1 N–H and O–H groups in total. The molecule has 1 saturated carbocycles. The van der Waals surface area contributed by atoms with Gasteiger partial charge in [-0.1, -0.05) is 72.4 Å². The molecule has 4 aromatic rings. The summed E-state index contributed by atoms with van der Waals surface area (Å²) in [5.41, 5.74) is 3.32. The Balaban J connectivity index is 1.27. The molecular formula is C27H26N4O3S2. The van der Waals surface area contributed by atoms with E-state index in [2.05, 4.69) is 51.3 Å². The van der Waals surface area contributed by atoms with Gasteiger partial charge in [-0.3, -0.25) is 4.79 Å². The second kappa shape index (κ2) is 10.7. The summed E-state index contributed by atoms with van der Waals surface area (Å²) in [7, 11) is 1.34. The molecule has 2 aromatic heterocycles. The van der Waals surface area contributed by atoms with Gasteiger partial charge >= 0.3 is 5.97 Å². The number of amides is 1. The van der Waals surface area contributed by atoms with E-state index in [9.17, 15) is 9.59 Å². The topological polar surface area (TPSA) is 86.1 Å². The van der Waals surface area contributed by atoms with Crippen molar-refractivity contribution in [2.45, 2.75) is 36.9 Å². The van der Waals surface area contributed by atoms with Gasteiger partial charge < -0.3 is 14.6 Å². The summed E-state index contributed by atoms with van der Waals surface area (Å²) in [6.07, 6.45) is 1.06. The van der Waals surface area contributed by atoms with Crippen LogP contribution in [0, 0.1) is 0 Å². The number of benzene rings is 2. The monoisotopic (exact) mass is 518 g/mol. The summed E-state index contributed by atoms with van der Waals surface area (Å²) in [4.78, 5) is 25.4. The van der Waals surface area contributed by atoms with E-state index >= 15 is 0 Å². The minimum Gasteiger partial charge on any atom is -0.465 e. The van der Waals surface area contributed by atoms with Gasteiger partial charge in [-0.25, -0.2) is 4.79 Å². The van der Waals surface area contributed by atoms with Crippen molar-refractivity contribution in [3.63, 3.8) is 0 Å². The molecule has 0 aliphatic heterocycles. The van der Waals surface area contributed by atoms with Crippen molar-refractivity contribution in [3.8, 4) is 11.1 Å². The maximum atomic E-state index is 12.8. The van der Waals surface area contributed by atoms with Gasteiger partial charge in [0.1, 0.15) is 16.4 Å². The normalized spacial score (nSPS) is 16.5. The molecule has 0 radical (unpaired) electrons. The first-order chi connectivity index (χ1) is 17.6. The summed E-state index contributed by atoms with van der Waals surface area (Å²) in [6, 6.07) is 20.1. The minimum atomic E-state index is -0.481. The van der Waals surface area contributed by atoms with Crippen LogP contribution in [0.25, 0.3) is 11.1 Å². The Labute approximate surface area is 217 Å². The molecular weight excluding hydrogens is 492 g/mol. The Hall–Kier alpha value is -3.43. The van der Waals surface area contributed by atoms with E-state index < -0.39 is 5.97 Å². The summed E-state index contributed by atoms with van der Waals surface area (Å²) in [5.74, 6) is 1.26. The van der Waals surface area contributed by atoms with Crippen LogP contribution in [0.15, 0.2) is 71.2 Å². The van der Waals surface area contributed by atoms with Crippen LogP contribution in [0.4, 0.5) is 5.00 Å². The molecule has 184 valence electrons. The van der Waals surface area contributed by atoms with E-state index in [0.29, 0.717) is 22.4 Å². The number of nitrogens with one attached hydrogen (secondary N) is 1. The molecule has 7 nitrogen and oxygen atoms in total. The number of carbonyl (C=O) groups excluding carboxylic acids is 2. The van der Waals surface area contributed by atoms with Gasteiger partial charge in [0, 0.05) is 23.4 Å². The SMILES string of the molecule is CCn1c(SCC(=O)Nc2scc(-c3ccccc3)c2C(=O)OC)nnc1C1CC1c1ccccc1. The lowest BCUT2D eigenvalue weighted by molar-refractivity contribution is -0.113. The molecule has 1 amide bonds. The Morgan fingerprint density at radius 3 is 2.50 bits per heavy atom. The van der Waals surface area contributed by atoms with E-state index in [4.69, 9.17) is 4.74 Å². The number of ether oxygens (including phenoxy) is 1. The molecule has 1 fully saturated rings. The highest BCUT2D eigenvalue weighted by Crippen LogP contribution is 2.54. The number of esters is 1. The lowest BCUT2D eigenvalue weighted by atomic mass is 10.0. The summed E-state index contributed by atoms with van der Waals surface area (Å²) < 4.78 is 7.10. The largest absolute Gasteiger partial charge is 0.465 e. The molecule has 0 spiro atoms. The van der Waals surface area contributed by atoms with E-state index in [0.717, 1.165) is 35.1 Å². The Bertz CT molecular complexity index is 1370. The van der Waals surface area contributed by atoms with Crippen LogP contribution in [0.1, 0.15) is 46.9 Å². The molecule has 36 heavy (non-hydrogen) atoms. The fourth-order valence-corrected chi connectivity index (χ4v) is 6.19. The van der Waals surface area contributed by atoms with Crippen molar-refractivity contribution in [1.82, 2.24) is 14.8 Å². The summed E-state index contributed by atoms with van der Waals surface area (Å²) >= 11 is 2.66. The average molecular weight is 519 g/mol. The number of rotatable bonds is 9. The number of thioether (sulfide) groups is 1. The molecule has 2 aromatic carbocycles. The van der Waals surface area contributed by atoms with E-state index in [1.807, 2.05) is 41.8 Å². The highest BCUT2D eigenvalue weighted by atomic mass is 32.2. The van der Waals surface area contributed by atoms with E-state index in [-0.39, 0.29) is 11.7 Å². The zero-order valence-corrected chi connectivity index (χ0v) is 21.6. The lowest BCUT2D eigenvalue weighted by Gasteiger charge is -2.09. The predicted molar refractivity (Wildman–Crippen MR) is 143 cm³/mol. The molecule has 9 heteroatoms. The lowest BCUT2D eigenvalue weighted by Crippen LogP contribution is -2.16. The standard InChI is InChI=1S/C27H26N4O3S2/c1-3-31-24(20-14-19(20)17-10-6-4-7-11-17)29-30-27(31)36-16-22(32)28-25-23(26(33)34-2)21(15-35-25)18-12-8-5-9-13-18/h4-13,15,19-20H,3,14,16H2,1-2H3,(H,28,32). The quantitative estimate of drug-likeness (QED) is 0.222. The van der Waals surface area contributed by atoms with Gasteiger partial charge in [-0.05, 0) is 30.4 Å². The molecule has 0 saturated heterocycles. The third-order valence-corrected chi connectivity index (χ3v) is 8.12. The number of hydrogen-bond donors (Lipinski definition) is 1. The number of hydrogen-bond acceptors (Lipinski definition) is 7. The van der Waals surface area contributed by atoms with E-state index in [1.54, 1.807) is 0 Å². The van der Waals surface area contributed by atoms with Crippen molar-refractivity contribution in [2.24, 2.45) is 0 Å². The van der Waals surface area contributed by atoms with Gasteiger partial charge in [0.25, 0.3) is 0 Å². The Morgan fingerprint density at radius 1 is 1.08 bits per heavy atom. The number of methoxy groups -OCH3 is 1. The van der Waals surface area contributed by atoms with Gasteiger partial charge in [-0.2, -0.15) is 0 Å². The molecule has 1 aliphatic rings. The Kier molecular flexibility index (Phi) is 7.20. The molecule has 5 rings (SSSR count). The summed E-state index contributed by atoms with van der Waals surface area (Å²) in [5, 5.41) is 14.8. The predicted octanol–water partition coefficient (Wildman–Crippen LogP) is 5.82. The second-order valence-electron chi connectivity index (χ2n) is 8.49. The van der Waals surface area contributed by atoms with Crippen molar-refractivity contribution in [2.75, 3.05) is 18.2 Å². The first-order valence-corrected chi connectivity index (χ1v) is 13.6. The molecule has 2 unspecified atom stereocenters. The van der Waals surface area contributed by atoms with Gasteiger partial charge in [0.2, 0.25) is 5.91 Å². The number of nitrogens with zero attached hydrogens (tertiary/aromatic N) is 3. The van der Waals surface area contributed by atoms with Crippen LogP contribution in [-0.2, 0) is 16.1 Å². The zero-order chi connectivity index (χ0) is 25.1. The highest BCUT2D eigenvalue weighted by Gasteiger charge is 2.43. The molecule has 0 bridgehead atoms. The first-order valence-electron chi connectivity index (χ1n) is 11.8. The summed E-state index contributed by atoms with van der Waals surface area (Å²) in [6.45, 7) is 2.80.